The van der Waals surface area contributed by atoms with Crippen LogP contribution in [0.15, 0.2) is 72.8 Å². The molecule has 0 spiro atoms. The molecule has 0 radical (unpaired) electrons. The fourth-order valence-corrected chi connectivity index (χ4v) is 3.72. The van der Waals surface area contributed by atoms with Crippen LogP contribution in [-0.4, -0.2) is 26.8 Å². The minimum atomic E-state index is -0.822. The standard InChI is InChI=1S/C22H16ClN3O3/c1-13-11-16(23)4-5-17(13)26-19(15-3-2-8-25-12-15)18(21(28)22(26)29)20(27)14-6-9-24-10-7-14/h2-12,19,27H,1H3/b20-18+. The third-order valence-corrected chi connectivity index (χ3v) is 5.05. The van der Waals surface area contributed by atoms with Crippen molar-refractivity contribution in [2.45, 2.75) is 13.0 Å². The molecule has 1 aliphatic heterocycles. The number of Topliss-reactive ketones (excluding diaryl/α,β-unsaturated/α-hetero) is 1. The first-order valence-corrected chi connectivity index (χ1v) is 9.24. The quantitative estimate of drug-likeness (QED) is 0.403. The lowest BCUT2D eigenvalue weighted by molar-refractivity contribution is -0.132. The van der Waals surface area contributed by atoms with Crippen LogP contribution in [0.3, 0.4) is 0 Å². The smallest absolute Gasteiger partial charge is 0.300 e. The Kier molecular flexibility index (Phi) is 4.86. The van der Waals surface area contributed by atoms with Gasteiger partial charge in [-0.25, -0.2) is 0 Å². The molecule has 1 saturated heterocycles. The molecule has 1 fully saturated rings. The number of hydrogen-bond acceptors (Lipinski definition) is 5. The van der Waals surface area contributed by atoms with Crippen molar-refractivity contribution in [1.29, 1.82) is 0 Å². The summed E-state index contributed by atoms with van der Waals surface area (Å²) in [5, 5.41) is 11.5. The SMILES string of the molecule is Cc1cc(Cl)ccc1N1C(=O)C(=O)/C(=C(/O)c2ccncc2)C1c1cccnc1. The highest BCUT2D eigenvalue weighted by Gasteiger charge is 2.47. The number of carbonyl (C=O) groups is 2. The van der Waals surface area contributed by atoms with E-state index in [0.29, 0.717) is 21.8 Å². The number of aliphatic hydroxyl groups is 1. The average Bonchev–Trinajstić information content (AvgIpc) is 3.00. The van der Waals surface area contributed by atoms with E-state index < -0.39 is 17.7 Å². The molecule has 7 heteroatoms. The molecule has 1 atom stereocenters. The van der Waals surface area contributed by atoms with Crippen molar-refractivity contribution in [3.05, 3.63) is 94.5 Å². The van der Waals surface area contributed by atoms with E-state index in [0.717, 1.165) is 5.56 Å². The number of aryl methyl sites for hydroxylation is 1. The fraction of sp³-hybridized carbons (Fsp3) is 0.0909. The second kappa shape index (κ2) is 7.48. The van der Waals surface area contributed by atoms with Gasteiger partial charge >= 0.3 is 0 Å². The maximum Gasteiger partial charge on any atom is 0.300 e. The van der Waals surface area contributed by atoms with E-state index in [2.05, 4.69) is 9.97 Å². The van der Waals surface area contributed by atoms with Gasteiger partial charge in [-0.3, -0.25) is 24.5 Å². The third-order valence-electron chi connectivity index (χ3n) is 4.82. The van der Waals surface area contributed by atoms with Crippen molar-refractivity contribution >= 4 is 34.7 Å². The van der Waals surface area contributed by atoms with E-state index in [1.165, 1.54) is 17.3 Å². The summed E-state index contributed by atoms with van der Waals surface area (Å²) in [6.07, 6.45) is 6.20. The topological polar surface area (TPSA) is 83.4 Å². The second-order valence-corrected chi connectivity index (χ2v) is 7.06. The Bertz CT molecular complexity index is 1130. The van der Waals surface area contributed by atoms with Crippen molar-refractivity contribution in [3.8, 4) is 0 Å². The molecule has 3 heterocycles. The van der Waals surface area contributed by atoms with E-state index in [9.17, 15) is 14.7 Å². The van der Waals surface area contributed by atoms with E-state index >= 15 is 0 Å². The Labute approximate surface area is 172 Å². The maximum atomic E-state index is 13.0. The van der Waals surface area contributed by atoms with Crippen LogP contribution in [0.25, 0.3) is 5.76 Å². The monoisotopic (exact) mass is 405 g/mol. The van der Waals surface area contributed by atoms with Crippen LogP contribution in [0.2, 0.25) is 5.02 Å². The summed E-state index contributed by atoms with van der Waals surface area (Å²) in [4.78, 5) is 35.5. The number of aromatic nitrogens is 2. The number of ketones is 1. The van der Waals surface area contributed by atoms with Crippen LogP contribution >= 0.6 is 11.6 Å². The Morgan fingerprint density at radius 2 is 1.83 bits per heavy atom. The molecule has 3 aromatic rings. The van der Waals surface area contributed by atoms with Gasteiger partial charge in [-0.05, 0) is 54.4 Å². The largest absolute Gasteiger partial charge is 0.507 e. The van der Waals surface area contributed by atoms with Crippen LogP contribution in [0.4, 0.5) is 5.69 Å². The first-order chi connectivity index (χ1) is 14.0. The lowest BCUT2D eigenvalue weighted by Gasteiger charge is -2.26. The van der Waals surface area contributed by atoms with Crippen LogP contribution in [0.5, 0.6) is 0 Å². The lowest BCUT2D eigenvalue weighted by Crippen LogP contribution is -2.30. The minimum absolute atomic E-state index is 0.00329. The lowest BCUT2D eigenvalue weighted by atomic mass is 9.96. The van der Waals surface area contributed by atoms with Gasteiger partial charge in [0.1, 0.15) is 5.76 Å². The number of amides is 1. The molecule has 144 valence electrons. The zero-order valence-electron chi connectivity index (χ0n) is 15.4. The van der Waals surface area contributed by atoms with Gasteiger partial charge in [0.25, 0.3) is 11.7 Å². The summed E-state index contributed by atoms with van der Waals surface area (Å²) in [5.41, 5.74) is 2.29. The number of aliphatic hydroxyl groups excluding tert-OH is 1. The summed E-state index contributed by atoms with van der Waals surface area (Å²) >= 11 is 6.07. The molecule has 29 heavy (non-hydrogen) atoms. The third kappa shape index (κ3) is 3.28. The molecule has 1 amide bonds. The fourth-order valence-electron chi connectivity index (χ4n) is 3.49. The number of nitrogens with zero attached hydrogens (tertiary/aromatic N) is 3. The van der Waals surface area contributed by atoms with Crippen molar-refractivity contribution in [1.82, 2.24) is 9.97 Å². The summed E-state index contributed by atoms with van der Waals surface area (Å²) in [6.45, 7) is 1.81. The van der Waals surface area contributed by atoms with Crippen molar-refractivity contribution < 1.29 is 14.7 Å². The maximum absolute atomic E-state index is 13.0. The zero-order valence-corrected chi connectivity index (χ0v) is 16.2. The Morgan fingerprint density at radius 3 is 2.48 bits per heavy atom. The molecule has 6 nitrogen and oxygen atoms in total. The normalized spacial score (nSPS) is 18.3. The van der Waals surface area contributed by atoms with Gasteiger partial charge in [0.2, 0.25) is 0 Å². The number of halogens is 1. The first-order valence-electron chi connectivity index (χ1n) is 8.86. The molecule has 1 aromatic carbocycles. The highest BCUT2D eigenvalue weighted by molar-refractivity contribution is 6.51. The predicted molar refractivity (Wildman–Crippen MR) is 109 cm³/mol. The molecule has 0 saturated carbocycles. The summed E-state index contributed by atoms with van der Waals surface area (Å²) in [6, 6.07) is 10.9. The molecule has 0 bridgehead atoms. The molecular weight excluding hydrogens is 390 g/mol. The van der Waals surface area contributed by atoms with Crippen molar-refractivity contribution in [2.24, 2.45) is 0 Å². The molecular formula is C22H16ClN3O3. The number of pyridine rings is 2. The molecule has 1 N–H and O–H groups in total. The Morgan fingerprint density at radius 1 is 1.07 bits per heavy atom. The zero-order chi connectivity index (χ0) is 20.5. The summed E-state index contributed by atoms with van der Waals surface area (Å²) < 4.78 is 0. The number of rotatable bonds is 3. The van der Waals surface area contributed by atoms with Crippen molar-refractivity contribution in [3.63, 3.8) is 0 Å². The molecule has 4 rings (SSSR count). The minimum Gasteiger partial charge on any atom is -0.507 e. The van der Waals surface area contributed by atoms with Crippen LogP contribution in [0.1, 0.15) is 22.7 Å². The second-order valence-electron chi connectivity index (χ2n) is 6.62. The van der Waals surface area contributed by atoms with E-state index in [4.69, 9.17) is 11.6 Å². The van der Waals surface area contributed by atoms with Crippen molar-refractivity contribution in [2.75, 3.05) is 4.90 Å². The van der Waals surface area contributed by atoms with Crippen LogP contribution in [-0.2, 0) is 9.59 Å². The van der Waals surface area contributed by atoms with Gasteiger partial charge in [-0.15, -0.1) is 0 Å². The molecule has 0 aliphatic carbocycles. The molecule has 1 aliphatic rings. The summed E-state index contributed by atoms with van der Waals surface area (Å²) in [5.74, 6) is -1.74. The number of carbonyl (C=O) groups excluding carboxylic acids is 2. The summed E-state index contributed by atoms with van der Waals surface area (Å²) in [7, 11) is 0. The van der Waals surface area contributed by atoms with Crippen LogP contribution < -0.4 is 4.90 Å². The van der Waals surface area contributed by atoms with Gasteiger partial charge in [0, 0.05) is 41.1 Å². The predicted octanol–water partition coefficient (Wildman–Crippen LogP) is 4.06. The van der Waals surface area contributed by atoms with E-state index in [1.807, 2.05) is 6.92 Å². The highest BCUT2D eigenvalue weighted by Crippen LogP contribution is 2.43. The number of anilines is 1. The van der Waals surface area contributed by atoms with Gasteiger partial charge in [-0.2, -0.15) is 0 Å². The van der Waals surface area contributed by atoms with E-state index in [1.54, 1.807) is 54.9 Å². The Balaban J connectivity index is 1.97. The number of benzene rings is 1. The van der Waals surface area contributed by atoms with Gasteiger partial charge in [-0.1, -0.05) is 17.7 Å². The highest BCUT2D eigenvalue weighted by atomic mass is 35.5. The molecule has 2 aromatic heterocycles. The number of hydrogen-bond donors (Lipinski definition) is 1. The Hall–Kier alpha value is -3.51. The van der Waals surface area contributed by atoms with Crippen LogP contribution in [0, 0.1) is 6.92 Å². The van der Waals surface area contributed by atoms with Gasteiger partial charge < -0.3 is 5.11 Å². The van der Waals surface area contributed by atoms with E-state index in [-0.39, 0.29) is 11.3 Å². The van der Waals surface area contributed by atoms with Gasteiger partial charge in [0.05, 0.1) is 11.6 Å². The van der Waals surface area contributed by atoms with Gasteiger partial charge in [0.15, 0.2) is 0 Å². The molecule has 1 unspecified atom stereocenters. The average molecular weight is 406 g/mol. The first kappa shape index (κ1) is 18.8.